The summed E-state index contributed by atoms with van der Waals surface area (Å²) < 4.78 is 4.38. The number of rotatable bonds is 6. The standard InChI is InChI=1S/C11H20NP/c1-3-5-7-10-9-12-13-11(10)8-6-4-2/h9,13H,3-8H2,1-2H3. The van der Waals surface area contributed by atoms with Gasteiger partial charge in [0.2, 0.25) is 0 Å². The van der Waals surface area contributed by atoms with Crippen LogP contribution in [0.3, 0.4) is 0 Å². The lowest BCUT2D eigenvalue weighted by Gasteiger charge is -2.00. The number of aryl methyl sites for hydroxylation is 2. The van der Waals surface area contributed by atoms with Crippen LogP contribution < -0.4 is 0 Å². The maximum absolute atomic E-state index is 4.38. The molecule has 0 spiro atoms. The highest BCUT2D eigenvalue weighted by molar-refractivity contribution is 7.26. The summed E-state index contributed by atoms with van der Waals surface area (Å²) in [5.74, 6) is 0. The fourth-order valence-corrected chi connectivity index (χ4v) is 2.49. The summed E-state index contributed by atoms with van der Waals surface area (Å²) in [6.07, 6.45) is 9.90. The summed E-state index contributed by atoms with van der Waals surface area (Å²) in [7, 11) is 0.750. The Morgan fingerprint density at radius 1 is 1.15 bits per heavy atom. The molecule has 0 N–H and O–H groups in total. The molecule has 0 saturated heterocycles. The molecule has 0 aromatic carbocycles. The van der Waals surface area contributed by atoms with Crippen LogP contribution in [0.4, 0.5) is 0 Å². The second kappa shape index (κ2) is 6.21. The van der Waals surface area contributed by atoms with Crippen LogP contribution in [-0.2, 0) is 12.8 Å². The van der Waals surface area contributed by atoms with E-state index in [4.69, 9.17) is 0 Å². The van der Waals surface area contributed by atoms with E-state index in [1.165, 1.54) is 38.5 Å². The first kappa shape index (κ1) is 10.8. The van der Waals surface area contributed by atoms with E-state index in [-0.39, 0.29) is 0 Å². The van der Waals surface area contributed by atoms with Crippen molar-refractivity contribution in [2.45, 2.75) is 52.4 Å². The molecule has 0 saturated carbocycles. The van der Waals surface area contributed by atoms with Crippen molar-refractivity contribution < 1.29 is 0 Å². The Bertz CT molecular complexity index is 207. The average Bonchev–Trinajstić information content (AvgIpc) is 2.59. The van der Waals surface area contributed by atoms with E-state index in [1.807, 2.05) is 0 Å². The molecule has 1 unspecified atom stereocenters. The molecule has 0 aliphatic carbocycles. The molecule has 13 heavy (non-hydrogen) atoms. The summed E-state index contributed by atoms with van der Waals surface area (Å²) in [6.45, 7) is 4.51. The van der Waals surface area contributed by atoms with Crippen molar-refractivity contribution in [1.29, 1.82) is 0 Å². The van der Waals surface area contributed by atoms with Gasteiger partial charge in [-0.05, 0) is 44.9 Å². The summed E-state index contributed by atoms with van der Waals surface area (Å²) in [5, 5.41) is 1.63. The molecule has 1 heterocycles. The number of aromatic nitrogens is 1. The Kier molecular flexibility index (Phi) is 5.15. The molecule has 0 amide bonds. The lowest BCUT2D eigenvalue weighted by atomic mass is 10.1. The van der Waals surface area contributed by atoms with E-state index in [0.29, 0.717) is 0 Å². The van der Waals surface area contributed by atoms with E-state index in [9.17, 15) is 0 Å². The van der Waals surface area contributed by atoms with Crippen LogP contribution in [0, 0.1) is 0 Å². The van der Waals surface area contributed by atoms with E-state index < -0.39 is 0 Å². The van der Waals surface area contributed by atoms with Crippen molar-refractivity contribution in [2.24, 2.45) is 0 Å². The molecule has 1 rings (SSSR count). The van der Waals surface area contributed by atoms with Gasteiger partial charge in [0, 0.05) is 6.20 Å². The first-order valence-electron chi connectivity index (χ1n) is 5.39. The zero-order chi connectivity index (χ0) is 9.52. The first-order valence-corrected chi connectivity index (χ1v) is 6.34. The zero-order valence-corrected chi connectivity index (χ0v) is 9.77. The molecule has 1 aromatic rings. The van der Waals surface area contributed by atoms with E-state index >= 15 is 0 Å². The third kappa shape index (κ3) is 3.52. The zero-order valence-electron chi connectivity index (χ0n) is 8.77. The van der Waals surface area contributed by atoms with Gasteiger partial charge in [-0.1, -0.05) is 26.7 Å². The Balaban J connectivity index is 2.45. The van der Waals surface area contributed by atoms with Crippen LogP contribution >= 0.6 is 8.35 Å². The van der Waals surface area contributed by atoms with Crippen LogP contribution in [-0.4, -0.2) is 4.75 Å². The molecule has 1 aromatic heterocycles. The quantitative estimate of drug-likeness (QED) is 0.676. The molecule has 0 fully saturated rings. The van der Waals surface area contributed by atoms with Gasteiger partial charge in [0.1, 0.15) is 0 Å². The molecule has 0 radical (unpaired) electrons. The van der Waals surface area contributed by atoms with Crippen molar-refractivity contribution in [3.63, 3.8) is 0 Å². The van der Waals surface area contributed by atoms with E-state index in [1.54, 1.807) is 10.9 Å². The highest BCUT2D eigenvalue weighted by Crippen LogP contribution is 2.22. The fraction of sp³-hybridized carbons (Fsp3) is 0.727. The Hall–Kier alpha value is -0.290. The number of hydrogen-bond acceptors (Lipinski definition) is 1. The second-order valence-corrected chi connectivity index (χ2v) is 4.67. The van der Waals surface area contributed by atoms with Crippen LogP contribution in [0.2, 0.25) is 0 Å². The maximum Gasteiger partial charge on any atom is 0.0344 e. The van der Waals surface area contributed by atoms with Gasteiger partial charge in [-0.2, -0.15) is 0 Å². The Morgan fingerprint density at radius 3 is 2.54 bits per heavy atom. The van der Waals surface area contributed by atoms with Crippen molar-refractivity contribution in [3.05, 3.63) is 17.1 Å². The third-order valence-corrected chi connectivity index (χ3v) is 3.49. The number of hydrogen-bond donors (Lipinski definition) is 0. The minimum absolute atomic E-state index is 0.750. The molecule has 74 valence electrons. The van der Waals surface area contributed by atoms with Gasteiger partial charge in [-0.15, -0.1) is 0 Å². The van der Waals surface area contributed by atoms with E-state index in [2.05, 4.69) is 24.8 Å². The molecule has 0 aliphatic rings. The average molecular weight is 197 g/mol. The highest BCUT2D eigenvalue weighted by atomic mass is 31.0. The van der Waals surface area contributed by atoms with Gasteiger partial charge in [0.25, 0.3) is 0 Å². The largest absolute Gasteiger partial charge is 0.248 e. The second-order valence-electron chi connectivity index (χ2n) is 3.58. The lowest BCUT2D eigenvalue weighted by molar-refractivity contribution is 0.767. The van der Waals surface area contributed by atoms with Gasteiger partial charge in [0.15, 0.2) is 0 Å². The van der Waals surface area contributed by atoms with Gasteiger partial charge in [-0.25, -0.2) is 4.75 Å². The molecular formula is C11H20NP. The summed E-state index contributed by atoms with van der Waals surface area (Å²) in [5.41, 5.74) is 1.55. The van der Waals surface area contributed by atoms with Crippen molar-refractivity contribution in [1.82, 2.24) is 4.75 Å². The predicted molar refractivity (Wildman–Crippen MR) is 61.0 cm³/mol. The fourth-order valence-electron chi connectivity index (χ4n) is 1.49. The predicted octanol–water partition coefficient (Wildman–Crippen LogP) is 3.80. The molecule has 0 bridgehead atoms. The number of unbranched alkanes of at least 4 members (excludes halogenated alkanes) is 2. The van der Waals surface area contributed by atoms with Crippen molar-refractivity contribution in [2.75, 3.05) is 0 Å². The molecule has 1 nitrogen and oxygen atoms in total. The van der Waals surface area contributed by atoms with Crippen LogP contribution in [0.1, 0.15) is 50.4 Å². The normalized spacial score (nSPS) is 11.2. The Labute approximate surface area is 83.1 Å². The molecule has 0 aliphatic heterocycles. The topological polar surface area (TPSA) is 12.9 Å². The number of nitrogens with zero attached hydrogens (tertiary/aromatic N) is 1. The minimum Gasteiger partial charge on any atom is -0.248 e. The van der Waals surface area contributed by atoms with Crippen LogP contribution in [0.15, 0.2) is 6.20 Å². The first-order chi connectivity index (χ1) is 6.38. The van der Waals surface area contributed by atoms with Gasteiger partial charge in [-0.3, -0.25) is 0 Å². The summed E-state index contributed by atoms with van der Waals surface area (Å²) in [4.78, 5) is 0. The summed E-state index contributed by atoms with van der Waals surface area (Å²) in [6, 6.07) is 0. The van der Waals surface area contributed by atoms with Gasteiger partial charge < -0.3 is 0 Å². The molecular weight excluding hydrogens is 177 g/mol. The molecule has 1 atom stereocenters. The highest BCUT2D eigenvalue weighted by Gasteiger charge is 2.02. The lowest BCUT2D eigenvalue weighted by Crippen LogP contribution is -1.88. The SMILES string of the molecule is CCCCc1cn[pH]c1CCCC. The molecule has 2 heteroatoms. The van der Waals surface area contributed by atoms with Gasteiger partial charge >= 0.3 is 0 Å². The van der Waals surface area contributed by atoms with Crippen molar-refractivity contribution in [3.8, 4) is 0 Å². The monoisotopic (exact) mass is 197 g/mol. The minimum atomic E-state index is 0.750. The maximum atomic E-state index is 4.38. The van der Waals surface area contributed by atoms with Crippen LogP contribution in [0.5, 0.6) is 0 Å². The van der Waals surface area contributed by atoms with E-state index in [0.717, 1.165) is 8.35 Å². The Morgan fingerprint density at radius 2 is 1.85 bits per heavy atom. The van der Waals surface area contributed by atoms with Crippen molar-refractivity contribution >= 4 is 8.35 Å². The van der Waals surface area contributed by atoms with Crippen LogP contribution in [0.25, 0.3) is 0 Å². The van der Waals surface area contributed by atoms with Gasteiger partial charge in [0.05, 0.1) is 0 Å². The summed E-state index contributed by atoms with van der Waals surface area (Å²) >= 11 is 0. The smallest absolute Gasteiger partial charge is 0.0344 e. The third-order valence-electron chi connectivity index (χ3n) is 2.39.